The molecule has 6 nitrogen and oxygen atoms in total. The number of nitrogens with zero attached hydrogens (tertiary/aromatic N) is 1. The van der Waals surface area contributed by atoms with E-state index in [9.17, 15) is 9.59 Å². The van der Waals surface area contributed by atoms with Gasteiger partial charge in [0, 0.05) is 6.54 Å². The summed E-state index contributed by atoms with van der Waals surface area (Å²) in [4.78, 5) is 26.9. The van der Waals surface area contributed by atoms with Gasteiger partial charge in [-0.2, -0.15) is 0 Å². The van der Waals surface area contributed by atoms with Crippen molar-refractivity contribution < 1.29 is 4.79 Å². The maximum atomic E-state index is 12.2. The molecule has 1 saturated carbocycles. The van der Waals surface area contributed by atoms with Gasteiger partial charge in [0.05, 0.1) is 22.3 Å². The monoisotopic (exact) mass is 322 g/mol. The molecule has 0 unspecified atom stereocenters. The molecule has 0 spiro atoms. The highest BCUT2D eigenvalue weighted by Gasteiger charge is 2.45. The van der Waals surface area contributed by atoms with Crippen LogP contribution in [-0.4, -0.2) is 21.0 Å². The largest absolute Gasteiger partial charge is 0.350 e. The van der Waals surface area contributed by atoms with Gasteiger partial charge in [-0.15, -0.1) is 0 Å². The molecule has 0 aliphatic heterocycles. The second-order valence-electron chi connectivity index (χ2n) is 6.29. The molecular formula is C18H18N4O2. The predicted molar refractivity (Wildman–Crippen MR) is 91.9 cm³/mol. The summed E-state index contributed by atoms with van der Waals surface area (Å²) >= 11 is 0. The lowest BCUT2D eigenvalue weighted by Gasteiger charge is -2.10. The first-order valence-electron chi connectivity index (χ1n) is 7.93. The molecule has 0 bridgehead atoms. The highest BCUT2D eigenvalue weighted by atomic mass is 16.2. The van der Waals surface area contributed by atoms with Gasteiger partial charge in [0.1, 0.15) is 0 Å². The summed E-state index contributed by atoms with van der Waals surface area (Å²) in [5, 5.41) is 2.86. The average molecular weight is 322 g/mol. The number of amides is 1. The summed E-state index contributed by atoms with van der Waals surface area (Å²) in [6, 6.07) is 15.1. The van der Waals surface area contributed by atoms with Gasteiger partial charge in [-0.1, -0.05) is 24.3 Å². The van der Waals surface area contributed by atoms with Crippen LogP contribution in [0, 0.1) is 0 Å². The van der Waals surface area contributed by atoms with E-state index in [2.05, 4.69) is 10.3 Å². The summed E-state index contributed by atoms with van der Waals surface area (Å²) in [6.07, 6.45) is 1.50. The van der Waals surface area contributed by atoms with Crippen LogP contribution in [0.4, 0.5) is 0 Å². The zero-order chi connectivity index (χ0) is 16.7. The Morgan fingerprint density at radius 2 is 1.88 bits per heavy atom. The predicted octanol–water partition coefficient (Wildman–Crippen LogP) is 1.43. The lowest BCUT2D eigenvalue weighted by atomic mass is 10.2. The van der Waals surface area contributed by atoms with Gasteiger partial charge in [0.2, 0.25) is 5.91 Å². The van der Waals surface area contributed by atoms with E-state index in [4.69, 9.17) is 5.73 Å². The quantitative estimate of drug-likeness (QED) is 0.678. The molecule has 1 fully saturated rings. The molecule has 0 radical (unpaired) electrons. The molecule has 1 heterocycles. The molecule has 4 N–H and O–H groups in total. The van der Waals surface area contributed by atoms with Crippen molar-refractivity contribution in [2.24, 2.45) is 5.73 Å². The number of hydrogen-bond acceptors (Lipinski definition) is 3. The molecule has 2 aromatic carbocycles. The van der Waals surface area contributed by atoms with Crippen molar-refractivity contribution in [2.45, 2.75) is 24.9 Å². The minimum atomic E-state index is -0.655. The van der Waals surface area contributed by atoms with E-state index < -0.39 is 5.54 Å². The van der Waals surface area contributed by atoms with Crippen molar-refractivity contribution >= 4 is 16.9 Å². The number of H-pyrrole nitrogens is 1. The highest BCUT2D eigenvalue weighted by molar-refractivity contribution is 5.88. The van der Waals surface area contributed by atoms with Gasteiger partial charge in [0.15, 0.2) is 0 Å². The van der Waals surface area contributed by atoms with Crippen LogP contribution in [0.2, 0.25) is 0 Å². The van der Waals surface area contributed by atoms with Crippen LogP contribution in [0.1, 0.15) is 18.4 Å². The van der Waals surface area contributed by atoms with Gasteiger partial charge < -0.3 is 16.0 Å². The number of fused-ring (bicyclic) bond motifs is 1. The summed E-state index contributed by atoms with van der Waals surface area (Å²) in [5.41, 5.74) is 8.42. The summed E-state index contributed by atoms with van der Waals surface area (Å²) < 4.78 is 1.64. The Bertz CT molecular complexity index is 965. The molecular weight excluding hydrogens is 304 g/mol. The minimum Gasteiger partial charge on any atom is -0.350 e. The van der Waals surface area contributed by atoms with Gasteiger partial charge in [-0.25, -0.2) is 4.79 Å². The number of nitrogens with two attached hydrogens (primary N) is 1. The van der Waals surface area contributed by atoms with E-state index in [1.165, 1.54) is 0 Å². The van der Waals surface area contributed by atoms with E-state index in [1.807, 2.05) is 48.5 Å². The van der Waals surface area contributed by atoms with Crippen LogP contribution in [0.5, 0.6) is 0 Å². The second kappa shape index (κ2) is 5.35. The van der Waals surface area contributed by atoms with Crippen LogP contribution in [0.15, 0.2) is 53.3 Å². The zero-order valence-electron chi connectivity index (χ0n) is 13.1. The normalized spacial score (nSPS) is 15.4. The van der Waals surface area contributed by atoms with Crippen LogP contribution >= 0.6 is 0 Å². The standard InChI is InChI=1S/C18H18N4O2/c19-18(9-10-18)16(23)20-11-12-5-7-13(8-6-12)22-15-4-2-1-3-14(15)21-17(22)24/h1-8H,9-11,19H2,(H,20,23)(H,21,24). The first kappa shape index (κ1) is 14.7. The Hall–Kier alpha value is -2.86. The average Bonchev–Trinajstić information content (AvgIpc) is 3.25. The van der Waals surface area contributed by atoms with E-state index in [1.54, 1.807) is 4.57 Å². The molecule has 0 saturated heterocycles. The maximum absolute atomic E-state index is 12.2. The lowest BCUT2D eigenvalue weighted by molar-refractivity contribution is -0.123. The number of imidazole rings is 1. The van der Waals surface area contributed by atoms with Gasteiger partial charge >= 0.3 is 5.69 Å². The topological polar surface area (TPSA) is 92.9 Å². The Kier molecular flexibility index (Phi) is 3.28. The third kappa shape index (κ3) is 2.51. The second-order valence-corrected chi connectivity index (χ2v) is 6.29. The van der Waals surface area contributed by atoms with E-state index >= 15 is 0 Å². The van der Waals surface area contributed by atoms with E-state index in [-0.39, 0.29) is 11.6 Å². The molecule has 6 heteroatoms. The van der Waals surface area contributed by atoms with Crippen molar-refractivity contribution in [1.29, 1.82) is 0 Å². The SMILES string of the molecule is NC1(C(=O)NCc2ccc(-n3c(=O)[nH]c4ccccc43)cc2)CC1. The Labute approximate surface area is 138 Å². The molecule has 1 aliphatic rings. The maximum Gasteiger partial charge on any atom is 0.331 e. The number of aromatic amines is 1. The molecule has 24 heavy (non-hydrogen) atoms. The number of aromatic nitrogens is 2. The summed E-state index contributed by atoms with van der Waals surface area (Å²) in [6.45, 7) is 0.431. The molecule has 1 aromatic heterocycles. The fourth-order valence-corrected chi connectivity index (χ4v) is 2.79. The van der Waals surface area contributed by atoms with Crippen LogP contribution in [-0.2, 0) is 11.3 Å². The van der Waals surface area contributed by atoms with Crippen molar-refractivity contribution in [3.05, 3.63) is 64.6 Å². The third-order valence-electron chi connectivity index (χ3n) is 4.48. The number of nitrogens with one attached hydrogen (secondary N) is 2. The fourth-order valence-electron chi connectivity index (χ4n) is 2.79. The van der Waals surface area contributed by atoms with Crippen molar-refractivity contribution in [2.75, 3.05) is 0 Å². The first-order chi connectivity index (χ1) is 11.6. The smallest absolute Gasteiger partial charge is 0.331 e. The number of benzene rings is 2. The first-order valence-corrected chi connectivity index (χ1v) is 7.93. The molecule has 4 rings (SSSR count). The van der Waals surface area contributed by atoms with Gasteiger partial charge in [-0.05, 0) is 42.7 Å². The van der Waals surface area contributed by atoms with Gasteiger partial charge in [-0.3, -0.25) is 9.36 Å². The molecule has 122 valence electrons. The molecule has 0 atom stereocenters. The number of rotatable bonds is 4. The van der Waals surface area contributed by atoms with Crippen LogP contribution in [0.3, 0.4) is 0 Å². The van der Waals surface area contributed by atoms with Crippen molar-refractivity contribution in [1.82, 2.24) is 14.9 Å². The van der Waals surface area contributed by atoms with Crippen molar-refractivity contribution in [3.63, 3.8) is 0 Å². The van der Waals surface area contributed by atoms with Crippen LogP contribution in [0.25, 0.3) is 16.7 Å². The number of carbonyl (C=O) groups excluding carboxylic acids is 1. The number of hydrogen-bond donors (Lipinski definition) is 3. The Morgan fingerprint density at radius 3 is 2.58 bits per heavy atom. The Morgan fingerprint density at radius 1 is 1.17 bits per heavy atom. The number of para-hydroxylation sites is 2. The third-order valence-corrected chi connectivity index (χ3v) is 4.48. The summed E-state index contributed by atoms with van der Waals surface area (Å²) in [5.74, 6) is -0.0978. The van der Waals surface area contributed by atoms with Gasteiger partial charge in [0.25, 0.3) is 0 Å². The highest BCUT2D eigenvalue weighted by Crippen LogP contribution is 2.32. The van der Waals surface area contributed by atoms with E-state index in [0.717, 1.165) is 35.1 Å². The van der Waals surface area contributed by atoms with E-state index in [0.29, 0.717) is 6.54 Å². The van der Waals surface area contributed by atoms with Crippen molar-refractivity contribution in [3.8, 4) is 5.69 Å². The zero-order valence-corrected chi connectivity index (χ0v) is 13.1. The lowest BCUT2D eigenvalue weighted by Crippen LogP contribution is -2.42. The summed E-state index contributed by atoms with van der Waals surface area (Å²) in [7, 11) is 0. The fraction of sp³-hybridized carbons (Fsp3) is 0.222. The minimum absolute atomic E-state index is 0.0978. The Balaban J connectivity index is 1.56. The molecule has 3 aromatic rings. The molecule has 1 aliphatic carbocycles. The molecule has 1 amide bonds. The van der Waals surface area contributed by atoms with Crippen LogP contribution < -0.4 is 16.7 Å². The number of carbonyl (C=O) groups is 1.